The number of nitrogens with zero attached hydrogens (tertiary/aromatic N) is 1. The van der Waals surface area contributed by atoms with Gasteiger partial charge in [-0.2, -0.15) is 0 Å². The summed E-state index contributed by atoms with van der Waals surface area (Å²) in [7, 11) is 1.33. The van der Waals surface area contributed by atoms with Crippen LogP contribution in [0, 0.1) is 17.3 Å². The zero-order chi connectivity index (χ0) is 12.8. The number of carbonyl (C=O) groups is 3. The highest BCUT2D eigenvalue weighted by Crippen LogP contribution is 2.63. The van der Waals surface area contributed by atoms with Crippen LogP contribution < -0.4 is 0 Å². The predicted octanol–water partition coefficient (Wildman–Crippen LogP) is 0.581. The van der Waals surface area contributed by atoms with Gasteiger partial charge in [-0.15, -0.1) is 0 Å². The van der Waals surface area contributed by atoms with Gasteiger partial charge in [0.1, 0.15) is 0 Å². The average molecular weight is 239 g/mol. The summed E-state index contributed by atoms with van der Waals surface area (Å²) in [5.74, 6) is -0.722. The molecule has 0 bridgehead atoms. The van der Waals surface area contributed by atoms with Crippen molar-refractivity contribution in [3.63, 3.8) is 0 Å². The summed E-state index contributed by atoms with van der Waals surface area (Å²) in [5.41, 5.74) is -0.160. The minimum absolute atomic E-state index is 0.0742. The van der Waals surface area contributed by atoms with Gasteiger partial charge in [-0.1, -0.05) is 13.8 Å². The van der Waals surface area contributed by atoms with Crippen LogP contribution in [0.25, 0.3) is 0 Å². The van der Waals surface area contributed by atoms with E-state index in [-0.39, 0.29) is 41.5 Å². The van der Waals surface area contributed by atoms with Gasteiger partial charge >= 0.3 is 5.97 Å². The van der Waals surface area contributed by atoms with E-state index >= 15 is 0 Å². The Morgan fingerprint density at radius 2 is 1.82 bits per heavy atom. The zero-order valence-corrected chi connectivity index (χ0v) is 10.4. The topological polar surface area (TPSA) is 63.7 Å². The highest BCUT2D eigenvalue weighted by Gasteiger charge is 2.72. The molecule has 1 saturated carbocycles. The lowest BCUT2D eigenvalue weighted by molar-refractivity contribution is -0.145. The van der Waals surface area contributed by atoms with E-state index in [4.69, 9.17) is 0 Å². The van der Waals surface area contributed by atoms with Crippen LogP contribution in [-0.4, -0.2) is 36.3 Å². The molecular weight excluding hydrogens is 222 g/mol. The number of carbonyl (C=O) groups excluding carboxylic acids is 3. The third-order valence-electron chi connectivity index (χ3n) is 3.88. The van der Waals surface area contributed by atoms with E-state index in [0.717, 1.165) is 0 Å². The number of methoxy groups -OCH3 is 1. The monoisotopic (exact) mass is 239 g/mol. The molecule has 1 aliphatic heterocycles. The zero-order valence-electron chi connectivity index (χ0n) is 10.4. The SMILES string of the molecule is COC(=O)CCCN1C(=O)C2C(C1=O)C2(C)C. The average Bonchev–Trinajstić information content (AvgIpc) is 2.74. The Morgan fingerprint density at radius 3 is 2.29 bits per heavy atom. The van der Waals surface area contributed by atoms with Crippen molar-refractivity contribution in [3.8, 4) is 0 Å². The molecule has 1 heterocycles. The summed E-state index contributed by atoms with van der Waals surface area (Å²) in [4.78, 5) is 36.0. The molecule has 17 heavy (non-hydrogen) atoms. The second kappa shape index (κ2) is 3.82. The fraction of sp³-hybridized carbons (Fsp3) is 0.750. The van der Waals surface area contributed by atoms with Gasteiger partial charge in [0.15, 0.2) is 0 Å². The number of ether oxygens (including phenoxy) is 1. The van der Waals surface area contributed by atoms with E-state index < -0.39 is 0 Å². The van der Waals surface area contributed by atoms with E-state index in [0.29, 0.717) is 13.0 Å². The number of amides is 2. The van der Waals surface area contributed by atoms with E-state index in [9.17, 15) is 14.4 Å². The molecule has 1 aliphatic carbocycles. The summed E-state index contributed by atoms with van der Waals surface area (Å²) in [5, 5.41) is 0. The number of piperidine rings is 1. The molecule has 0 aromatic heterocycles. The summed E-state index contributed by atoms with van der Waals surface area (Å²) in [6.07, 6.45) is 0.719. The van der Waals surface area contributed by atoms with Gasteiger partial charge in [-0.25, -0.2) is 0 Å². The second-order valence-electron chi connectivity index (χ2n) is 5.28. The van der Waals surface area contributed by atoms with Crippen molar-refractivity contribution in [2.75, 3.05) is 13.7 Å². The van der Waals surface area contributed by atoms with Crippen LogP contribution in [0.1, 0.15) is 26.7 Å². The van der Waals surface area contributed by atoms with E-state index in [1.54, 1.807) is 0 Å². The van der Waals surface area contributed by atoms with Gasteiger partial charge in [0.2, 0.25) is 11.8 Å². The van der Waals surface area contributed by atoms with Crippen LogP contribution in [0.15, 0.2) is 0 Å². The molecular formula is C12H17NO4. The van der Waals surface area contributed by atoms with Crippen LogP contribution in [0.3, 0.4) is 0 Å². The lowest BCUT2D eigenvalue weighted by Crippen LogP contribution is -2.37. The Hall–Kier alpha value is -1.39. The normalized spacial score (nSPS) is 29.2. The van der Waals surface area contributed by atoms with Gasteiger partial charge in [0, 0.05) is 13.0 Å². The minimum atomic E-state index is -0.311. The molecule has 0 N–H and O–H groups in total. The quantitative estimate of drug-likeness (QED) is 0.532. The highest BCUT2D eigenvalue weighted by atomic mass is 16.5. The molecule has 1 saturated heterocycles. The maximum atomic E-state index is 11.9. The van der Waals surface area contributed by atoms with Gasteiger partial charge < -0.3 is 4.74 Å². The van der Waals surface area contributed by atoms with Crippen LogP contribution in [0.5, 0.6) is 0 Å². The van der Waals surface area contributed by atoms with Crippen molar-refractivity contribution in [1.82, 2.24) is 4.90 Å². The molecule has 94 valence electrons. The number of hydrogen-bond acceptors (Lipinski definition) is 4. The predicted molar refractivity (Wildman–Crippen MR) is 58.7 cm³/mol. The van der Waals surface area contributed by atoms with Crippen LogP contribution in [0.2, 0.25) is 0 Å². The first-order chi connectivity index (χ1) is 7.91. The van der Waals surface area contributed by atoms with Crippen molar-refractivity contribution in [2.24, 2.45) is 17.3 Å². The number of likely N-dealkylation sites (tertiary alicyclic amines) is 1. The molecule has 0 aromatic rings. The van der Waals surface area contributed by atoms with Crippen LogP contribution in [0.4, 0.5) is 0 Å². The number of rotatable bonds is 4. The number of hydrogen-bond donors (Lipinski definition) is 0. The molecule has 0 aromatic carbocycles. The van der Waals surface area contributed by atoms with Gasteiger partial charge in [0.25, 0.3) is 0 Å². The minimum Gasteiger partial charge on any atom is -0.469 e. The first kappa shape index (κ1) is 12.1. The lowest BCUT2D eigenvalue weighted by atomic mass is 10.1. The standard InChI is InChI=1S/C12H17NO4/c1-12(2)8-9(12)11(16)13(10(8)15)6-4-5-7(14)17-3/h8-9H,4-6H2,1-3H3. The van der Waals surface area contributed by atoms with Gasteiger partial charge in [-0.3, -0.25) is 19.3 Å². The summed E-state index contributed by atoms with van der Waals surface area (Å²) in [6, 6.07) is 0. The fourth-order valence-corrected chi connectivity index (χ4v) is 2.71. The van der Waals surface area contributed by atoms with Crippen molar-refractivity contribution < 1.29 is 19.1 Å². The van der Waals surface area contributed by atoms with Crippen molar-refractivity contribution >= 4 is 17.8 Å². The molecule has 2 rings (SSSR count). The third-order valence-corrected chi connectivity index (χ3v) is 3.88. The molecule has 0 radical (unpaired) electrons. The molecule has 5 nitrogen and oxygen atoms in total. The van der Waals surface area contributed by atoms with Crippen molar-refractivity contribution in [1.29, 1.82) is 0 Å². The summed E-state index contributed by atoms with van der Waals surface area (Å²) in [6.45, 7) is 4.23. The maximum Gasteiger partial charge on any atom is 0.305 e. The molecule has 2 fully saturated rings. The number of esters is 1. The Morgan fingerprint density at radius 1 is 1.29 bits per heavy atom. The molecule has 2 aliphatic rings. The smallest absolute Gasteiger partial charge is 0.305 e. The first-order valence-corrected chi connectivity index (χ1v) is 5.83. The number of fused-ring (bicyclic) bond motifs is 1. The van der Waals surface area contributed by atoms with E-state index in [1.165, 1.54) is 12.0 Å². The highest BCUT2D eigenvalue weighted by molar-refractivity contribution is 6.10. The van der Waals surface area contributed by atoms with Crippen LogP contribution in [-0.2, 0) is 19.1 Å². The molecule has 5 heteroatoms. The largest absolute Gasteiger partial charge is 0.469 e. The van der Waals surface area contributed by atoms with Gasteiger partial charge in [-0.05, 0) is 11.8 Å². The second-order valence-corrected chi connectivity index (χ2v) is 5.28. The maximum absolute atomic E-state index is 11.9. The van der Waals surface area contributed by atoms with Gasteiger partial charge in [0.05, 0.1) is 18.9 Å². The van der Waals surface area contributed by atoms with Crippen molar-refractivity contribution in [3.05, 3.63) is 0 Å². The Kier molecular flexibility index (Phi) is 2.72. The molecule has 2 unspecified atom stereocenters. The Labute approximate surface area is 100 Å². The first-order valence-electron chi connectivity index (χ1n) is 5.83. The third kappa shape index (κ3) is 1.73. The van der Waals surface area contributed by atoms with Crippen LogP contribution >= 0.6 is 0 Å². The molecule has 0 spiro atoms. The molecule has 2 atom stereocenters. The molecule has 2 amide bonds. The van der Waals surface area contributed by atoms with Crippen molar-refractivity contribution in [2.45, 2.75) is 26.7 Å². The Balaban J connectivity index is 1.87. The van der Waals surface area contributed by atoms with E-state index in [1.807, 2.05) is 13.8 Å². The fourth-order valence-electron chi connectivity index (χ4n) is 2.71. The summed E-state index contributed by atoms with van der Waals surface area (Å²) >= 11 is 0. The summed E-state index contributed by atoms with van der Waals surface area (Å²) < 4.78 is 4.50. The lowest BCUT2D eigenvalue weighted by Gasteiger charge is -2.20. The Bertz CT molecular complexity index is 364. The van der Waals surface area contributed by atoms with E-state index in [2.05, 4.69) is 4.74 Å². The number of imide groups is 1.